The summed E-state index contributed by atoms with van der Waals surface area (Å²) < 4.78 is 0. The summed E-state index contributed by atoms with van der Waals surface area (Å²) in [7, 11) is 0. The van der Waals surface area contributed by atoms with Crippen LogP contribution in [0.3, 0.4) is 0 Å². The molecule has 0 saturated heterocycles. The molecule has 0 amide bonds. The predicted octanol–water partition coefficient (Wildman–Crippen LogP) is 3.32. The van der Waals surface area contributed by atoms with Crippen LogP contribution in [0.15, 0.2) is 18.2 Å². The highest BCUT2D eigenvalue weighted by molar-refractivity contribution is 6.34. The molecule has 2 rings (SSSR count). The Hall–Kier alpha value is -0.860. The van der Waals surface area contributed by atoms with Gasteiger partial charge in [-0.2, -0.15) is 0 Å². The van der Waals surface area contributed by atoms with E-state index in [0.717, 1.165) is 18.4 Å². The second kappa shape index (κ2) is 4.19. The van der Waals surface area contributed by atoms with Gasteiger partial charge in [-0.1, -0.05) is 36.1 Å². The van der Waals surface area contributed by atoms with E-state index in [1.165, 1.54) is 0 Å². The van der Waals surface area contributed by atoms with Crippen molar-refractivity contribution in [2.75, 3.05) is 0 Å². The second-order valence-corrected chi connectivity index (χ2v) is 5.00. The SMILES string of the molecule is Cc1ccc(Cl)c(C(=N)C2(O)CCCC2)c1. The molecule has 0 bridgehead atoms. The van der Waals surface area contributed by atoms with E-state index < -0.39 is 5.60 Å². The number of hydrogen-bond donors (Lipinski definition) is 2. The Morgan fingerprint density at radius 1 is 1.38 bits per heavy atom. The minimum absolute atomic E-state index is 0.277. The van der Waals surface area contributed by atoms with E-state index in [9.17, 15) is 5.11 Å². The first-order valence-electron chi connectivity index (χ1n) is 5.61. The quantitative estimate of drug-likeness (QED) is 0.762. The zero-order valence-corrected chi connectivity index (χ0v) is 10.1. The summed E-state index contributed by atoms with van der Waals surface area (Å²) in [5.74, 6) is 0. The Labute approximate surface area is 101 Å². The van der Waals surface area contributed by atoms with Crippen molar-refractivity contribution in [2.45, 2.75) is 38.2 Å². The van der Waals surface area contributed by atoms with Gasteiger partial charge in [0.1, 0.15) is 5.60 Å². The molecule has 1 fully saturated rings. The third-order valence-electron chi connectivity index (χ3n) is 3.29. The molecule has 1 aliphatic rings. The van der Waals surface area contributed by atoms with Crippen molar-refractivity contribution in [3.63, 3.8) is 0 Å². The Morgan fingerprint density at radius 3 is 2.62 bits per heavy atom. The molecule has 3 heteroatoms. The Kier molecular flexibility index (Phi) is 3.04. The van der Waals surface area contributed by atoms with E-state index in [1.807, 2.05) is 19.1 Å². The van der Waals surface area contributed by atoms with E-state index in [-0.39, 0.29) is 5.71 Å². The summed E-state index contributed by atoms with van der Waals surface area (Å²) in [6.45, 7) is 1.96. The van der Waals surface area contributed by atoms with Crippen LogP contribution in [0.5, 0.6) is 0 Å². The lowest BCUT2D eigenvalue weighted by Gasteiger charge is -2.24. The van der Waals surface area contributed by atoms with Gasteiger partial charge in [0.25, 0.3) is 0 Å². The van der Waals surface area contributed by atoms with Crippen molar-refractivity contribution in [3.8, 4) is 0 Å². The first-order chi connectivity index (χ1) is 7.53. The highest BCUT2D eigenvalue weighted by atomic mass is 35.5. The van der Waals surface area contributed by atoms with Gasteiger partial charge in [-0.3, -0.25) is 0 Å². The molecule has 2 nitrogen and oxygen atoms in total. The topological polar surface area (TPSA) is 44.1 Å². The molecule has 1 aliphatic carbocycles. The van der Waals surface area contributed by atoms with Gasteiger partial charge in [0.05, 0.1) is 5.71 Å². The zero-order valence-electron chi connectivity index (χ0n) is 9.39. The normalized spacial score (nSPS) is 18.7. The van der Waals surface area contributed by atoms with Gasteiger partial charge >= 0.3 is 0 Å². The molecular weight excluding hydrogens is 222 g/mol. The van der Waals surface area contributed by atoms with Gasteiger partial charge in [-0.05, 0) is 31.9 Å². The number of aryl methyl sites for hydroxylation is 1. The van der Waals surface area contributed by atoms with E-state index in [1.54, 1.807) is 6.07 Å². The maximum atomic E-state index is 10.3. The number of rotatable bonds is 2. The maximum Gasteiger partial charge on any atom is 0.106 e. The van der Waals surface area contributed by atoms with E-state index in [4.69, 9.17) is 17.0 Å². The fourth-order valence-electron chi connectivity index (χ4n) is 2.29. The van der Waals surface area contributed by atoms with Crippen LogP contribution in [0, 0.1) is 12.3 Å². The highest BCUT2D eigenvalue weighted by Crippen LogP contribution is 2.34. The van der Waals surface area contributed by atoms with Crippen LogP contribution in [0.2, 0.25) is 5.02 Å². The van der Waals surface area contributed by atoms with Crippen LogP contribution >= 0.6 is 11.6 Å². The number of nitrogens with one attached hydrogen (secondary N) is 1. The Bertz CT molecular complexity index is 422. The minimum atomic E-state index is -0.961. The third-order valence-corrected chi connectivity index (χ3v) is 3.62. The molecule has 0 aliphatic heterocycles. The first kappa shape index (κ1) is 11.6. The Morgan fingerprint density at radius 2 is 2.00 bits per heavy atom. The highest BCUT2D eigenvalue weighted by Gasteiger charge is 2.36. The van der Waals surface area contributed by atoms with Gasteiger partial charge in [0, 0.05) is 10.6 Å². The number of benzene rings is 1. The van der Waals surface area contributed by atoms with Crippen molar-refractivity contribution in [2.24, 2.45) is 0 Å². The molecule has 0 aromatic heterocycles. The number of aliphatic hydroxyl groups is 1. The van der Waals surface area contributed by atoms with Crippen LogP contribution in [-0.4, -0.2) is 16.4 Å². The number of halogens is 1. The molecule has 86 valence electrons. The summed E-state index contributed by atoms with van der Waals surface area (Å²) in [6, 6.07) is 5.58. The van der Waals surface area contributed by atoms with Gasteiger partial charge in [0.15, 0.2) is 0 Å². The molecule has 0 atom stereocenters. The molecule has 1 saturated carbocycles. The average molecular weight is 238 g/mol. The van der Waals surface area contributed by atoms with Gasteiger partial charge in [-0.25, -0.2) is 0 Å². The lowest BCUT2D eigenvalue weighted by molar-refractivity contribution is 0.120. The first-order valence-corrected chi connectivity index (χ1v) is 5.99. The van der Waals surface area contributed by atoms with Crippen molar-refractivity contribution in [1.82, 2.24) is 0 Å². The van der Waals surface area contributed by atoms with Crippen LogP contribution in [0.1, 0.15) is 36.8 Å². The molecule has 16 heavy (non-hydrogen) atoms. The summed E-state index contributed by atoms with van der Waals surface area (Å²) >= 11 is 6.08. The largest absolute Gasteiger partial charge is 0.384 e. The third kappa shape index (κ3) is 2.00. The standard InChI is InChI=1S/C13H16ClNO/c1-9-4-5-11(14)10(8-9)12(15)13(16)6-2-3-7-13/h4-5,8,15-16H,2-3,6-7H2,1H3. The fourth-order valence-corrected chi connectivity index (χ4v) is 2.50. The van der Waals surface area contributed by atoms with Crippen LogP contribution < -0.4 is 0 Å². The Balaban J connectivity index is 2.36. The average Bonchev–Trinajstić information content (AvgIpc) is 2.69. The van der Waals surface area contributed by atoms with Crippen LogP contribution in [0.25, 0.3) is 0 Å². The fraction of sp³-hybridized carbons (Fsp3) is 0.462. The predicted molar refractivity (Wildman–Crippen MR) is 66.4 cm³/mol. The van der Waals surface area contributed by atoms with E-state index in [0.29, 0.717) is 23.4 Å². The summed E-state index contributed by atoms with van der Waals surface area (Å²) in [6.07, 6.45) is 3.33. The smallest absolute Gasteiger partial charge is 0.106 e. The molecule has 0 heterocycles. The van der Waals surface area contributed by atoms with Crippen molar-refractivity contribution >= 4 is 17.3 Å². The van der Waals surface area contributed by atoms with Crippen molar-refractivity contribution in [1.29, 1.82) is 5.41 Å². The molecule has 1 aromatic carbocycles. The van der Waals surface area contributed by atoms with Gasteiger partial charge in [0.2, 0.25) is 0 Å². The molecule has 0 spiro atoms. The summed E-state index contributed by atoms with van der Waals surface area (Å²) in [5, 5.41) is 19.0. The van der Waals surface area contributed by atoms with Crippen molar-refractivity contribution < 1.29 is 5.11 Å². The monoisotopic (exact) mass is 237 g/mol. The van der Waals surface area contributed by atoms with E-state index in [2.05, 4.69) is 0 Å². The van der Waals surface area contributed by atoms with Crippen LogP contribution in [0.4, 0.5) is 0 Å². The lowest BCUT2D eigenvalue weighted by atomic mass is 9.90. The minimum Gasteiger partial charge on any atom is -0.384 e. The molecule has 2 N–H and O–H groups in total. The summed E-state index contributed by atoms with van der Waals surface area (Å²) in [4.78, 5) is 0. The second-order valence-electron chi connectivity index (χ2n) is 4.60. The molecular formula is C13H16ClNO. The van der Waals surface area contributed by atoms with Crippen LogP contribution in [-0.2, 0) is 0 Å². The molecule has 0 radical (unpaired) electrons. The van der Waals surface area contributed by atoms with Crippen molar-refractivity contribution in [3.05, 3.63) is 34.3 Å². The summed E-state index contributed by atoms with van der Waals surface area (Å²) in [5.41, 5.74) is 1.05. The molecule has 1 aromatic rings. The molecule has 0 unspecified atom stereocenters. The van der Waals surface area contributed by atoms with E-state index >= 15 is 0 Å². The number of hydrogen-bond acceptors (Lipinski definition) is 2. The zero-order chi connectivity index (χ0) is 11.8. The van der Waals surface area contributed by atoms with Gasteiger partial charge < -0.3 is 10.5 Å². The lowest BCUT2D eigenvalue weighted by Crippen LogP contribution is -2.35. The van der Waals surface area contributed by atoms with Gasteiger partial charge in [-0.15, -0.1) is 0 Å². The maximum absolute atomic E-state index is 10.3.